The van der Waals surface area contributed by atoms with Gasteiger partial charge in [-0.1, -0.05) is 60.1 Å². The van der Waals surface area contributed by atoms with Crippen LogP contribution in [0.3, 0.4) is 0 Å². The summed E-state index contributed by atoms with van der Waals surface area (Å²) in [6.07, 6.45) is 3.04. The monoisotopic (exact) mass is 411 g/mol. The maximum absolute atomic E-state index is 12.7. The Morgan fingerprint density at radius 1 is 0.966 bits per heavy atom. The van der Waals surface area contributed by atoms with Crippen LogP contribution in [0.4, 0.5) is 0 Å². The van der Waals surface area contributed by atoms with Crippen LogP contribution in [0.1, 0.15) is 17.5 Å². The molecule has 150 valence electrons. The van der Waals surface area contributed by atoms with Crippen molar-refractivity contribution in [3.63, 3.8) is 0 Å². The summed E-state index contributed by atoms with van der Waals surface area (Å²) in [5.74, 6) is -0.368. The van der Waals surface area contributed by atoms with Crippen molar-refractivity contribution in [2.45, 2.75) is 25.9 Å². The summed E-state index contributed by atoms with van der Waals surface area (Å²) >= 11 is 6.15. The average molecular weight is 412 g/mol. The predicted octanol–water partition coefficient (Wildman–Crippen LogP) is 2.46. The molecule has 29 heavy (non-hydrogen) atoms. The highest BCUT2D eigenvalue weighted by molar-refractivity contribution is 6.31. The lowest BCUT2D eigenvalue weighted by atomic mass is 10.1. The van der Waals surface area contributed by atoms with Gasteiger partial charge in [0.15, 0.2) is 0 Å². The van der Waals surface area contributed by atoms with E-state index >= 15 is 0 Å². The molecule has 3 aromatic rings. The number of hydrogen-bond donors (Lipinski definition) is 1. The van der Waals surface area contributed by atoms with E-state index in [1.807, 2.05) is 42.5 Å². The van der Waals surface area contributed by atoms with Crippen LogP contribution in [0.15, 0.2) is 76.4 Å². The first-order valence-corrected chi connectivity index (χ1v) is 9.77. The Bertz CT molecular complexity index is 1090. The number of benzene rings is 2. The smallest absolute Gasteiger partial charge is 0.331 e. The molecule has 3 rings (SSSR count). The number of rotatable bonds is 8. The molecule has 0 saturated heterocycles. The van der Waals surface area contributed by atoms with E-state index in [4.69, 9.17) is 11.6 Å². The van der Waals surface area contributed by atoms with Gasteiger partial charge in [0.2, 0.25) is 5.91 Å². The van der Waals surface area contributed by atoms with Crippen LogP contribution in [0.5, 0.6) is 0 Å². The highest BCUT2D eigenvalue weighted by Crippen LogP contribution is 2.15. The molecular weight excluding hydrogens is 390 g/mol. The van der Waals surface area contributed by atoms with E-state index in [0.717, 1.165) is 23.0 Å². The van der Waals surface area contributed by atoms with Crippen molar-refractivity contribution < 1.29 is 4.79 Å². The SMILES string of the molecule is O=C(Cn1c(=O)ccn(Cc2ccccc2Cl)c1=O)NCCCc1ccccc1. The van der Waals surface area contributed by atoms with Crippen molar-refractivity contribution in [2.24, 2.45) is 0 Å². The van der Waals surface area contributed by atoms with E-state index in [9.17, 15) is 14.4 Å². The molecule has 0 atom stereocenters. The Morgan fingerprint density at radius 3 is 2.45 bits per heavy atom. The zero-order valence-corrected chi connectivity index (χ0v) is 16.6. The molecule has 0 saturated carbocycles. The lowest BCUT2D eigenvalue weighted by Crippen LogP contribution is -2.43. The molecule has 0 unspecified atom stereocenters. The molecule has 2 aromatic carbocycles. The van der Waals surface area contributed by atoms with E-state index in [1.54, 1.807) is 12.1 Å². The van der Waals surface area contributed by atoms with Gasteiger partial charge in [0, 0.05) is 23.8 Å². The lowest BCUT2D eigenvalue weighted by Gasteiger charge is -2.11. The van der Waals surface area contributed by atoms with Crippen LogP contribution < -0.4 is 16.6 Å². The lowest BCUT2D eigenvalue weighted by molar-refractivity contribution is -0.121. The van der Waals surface area contributed by atoms with Gasteiger partial charge in [0.05, 0.1) is 6.54 Å². The molecule has 1 N–H and O–H groups in total. The summed E-state index contributed by atoms with van der Waals surface area (Å²) in [4.78, 5) is 37.0. The molecule has 7 heteroatoms. The Balaban J connectivity index is 1.61. The Kier molecular flexibility index (Phi) is 7.03. The summed E-state index contributed by atoms with van der Waals surface area (Å²) in [7, 11) is 0. The number of halogens is 1. The molecule has 0 aliphatic carbocycles. The van der Waals surface area contributed by atoms with Crippen LogP contribution in [0.25, 0.3) is 0 Å². The number of aryl methyl sites for hydroxylation is 1. The van der Waals surface area contributed by atoms with E-state index in [1.165, 1.54) is 22.4 Å². The van der Waals surface area contributed by atoms with E-state index in [0.29, 0.717) is 11.6 Å². The second-order valence-electron chi connectivity index (χ2n) is 6.68. The number of carbonyl (C=O) groups excluding carboxylic acids is 1. The molecule has 0 aliphatic rings. The second-order valence-corrected chi connectivity index (χ2v) is 7.09. The number of aromatic nitrogens is 2. The molecular formula is C22H22ClN3O3. The summed E-state index contributed by atoms with van der Waals surface area (Å²) in [6, 6.07) is 18.4. The summed E-state index contributed by atoms with van der Waals surface area (Å²) in [6.45, 7) is 0.382. The summed E-state index contributed by atoms with van der Waals surface area (Å²) < 4.78 is 2.30. The van der Waals surface area contributed by atoms with Crippen molar-refractivity contribution in [2.75, 3.05) is 6.54 Å². The molecule has 6 nitrogen and oxygen atoms in total. The van der Waals surface area contributed by atoms with E-state index in [2.05, 4.69) is 5.32 Å². The minimum Gasteiger partial charge on any atom is -0.355 e. The Morgan fingerprint density at radius 2 is 1.69 bits per heavy atom. The first-order valence-electron chi connectivity index (χ1n) is 9.39. The zero-order chi connectivity index (χ0) is 20.6. The first-order chi connectivity index (χ1) is 14.0. The summed E-state index contributed by atoms with van der Waals surface area (Å²) in [5, 5.41) is 3.30. The zero-order valence-electron chi connectivity index (χ0n) is 15.9. The standard InChI is InChI=1S/C22H22ClN3O3/c23-19-11-5-4-10-18(19)15-25-14-12-21(28)26(22(25)29)16-20(27)24-13-6-9-17-7-2-1-3-8-17/h1-5,7-8,10-12,14H,6,9,13,15-16H2,(H,24,27). The third-order valence-corrected chi connectivity index (χ3v) is 4.92. The topological polar surface area (TPSA) is 73.1 Å². The molecule has 0 radical (unpaired) electrons. The molecule has 0 fully saturated rings. The second kappa shape index (κ2) is 9.89. The van der Waals surface area contributed by atoms with Gasteiger partial charge >= 0.3 is 5.69 Å². The van der Waals surface area contributed by atoms with Crippen LogP contribution in [0, 0.1) is 0 Å². The van der Waals surface area contributed by atoms with Crippen molar-refractivity contribution in [1.82, 2.24) is 14.5 Å². The third-order valence-electron chi connectivity index (χ3n) is 4.55. The number of amides is 1. The minimum atomic E-state index is -0.545. The van der Waals surface area contributed by atoms with Gasteiger partial charge < -0.3 is 5.32 Å². The molecule has 1 aromatic heterocycles. The molecule has 0 spiro atoms. The van der Waals surface area contributed by atoms with Crippen molar-refractivity contribution in [3.05, 3.63) is 104 Å². The van der Waals surface area contributed by atoms with Crippen LogP contribution in [-0.4, -0.2) is 21.6 Å². The highest BCUT2D eigenvalue weighted by atomic mass is 35.5. The molecule has 0 bridgehead atoms. The van der Waals surface area contributed by atoms with Crippen molar-refractivity contribution in [1.29, 1.82) is 0 Å². The highest BCUT2D eigenvalue weighted by Gasteiger charge is 2.11. The number of hydrogen-bond acceptors (Lipinski definition) is 3. The van der Waals surface area contributed by atoms with Gasteiger partial charge in [-0.25, -0.2) is 4.79 Å². The third kappa shape index (κ3) is 5.68. The minimum absolute atomic E-state index is 0.220. The quantitative estimate of drug-likeness (QED) is 0.579. The Labute approximate surface area is 173 Å². The van der Waals surface area contributed by atoms with Gasteiger partial charge in [0.1, 0.15) is 6.54 Å². The largest absolute Gasteiger partial charge is 0.355 e. The predicted molar refractivity (Wildman–Crippen MR) is 113 cm³/mol. The number of carbonyl (C=O) groups is 1. The van der Waals surface area contributed by atoms with E-state index in [-0.39, 0.29) is 19.0 Å². The first kappa shape index (κ1) is 20.6. The van der Waals surface area contributed by atoms with Crippen LogP contribution in [-0.2, 0) is 24.3 Å². The summed E-state index contributed by atoms with van der Waals surface area (Å²) in [5.41, 5.74) is 0.900. The van der Waals surface area contributed by atoms with Gasteiger partial charge in [-0.05, 0) is 30.0 Å². The van der Waals surface area contributed by atoms with Crippen molar-refractivity contribution >= 4 is 17.5 Å². The maximum Gasteiger partial charge on any atom is 0.331 e. The van der Waals surface area contributed by atoms with Crippen LogP contribution >= 0.6 is 11.6 Å². The fourth-order valence-corrected chi connectivity index (χ4v) is 3.19. The fraction of sp³-hybridized carbons (Fsp3) is 0.227. The van der Waals surface area contributed by atoms with Gasteiger partial charge in [0.25, 0.3) is 5.56 Å². The maximum atomic E-state index is 12.7. The molecule has 0 aliphatic heterocycles. The number of nitrogens with zero attached hydrogens (tertiary/aromatic N) is 2. The Hall–Kier alpha value is -3.12. The number of nitrogens with one attached hydrogen (secondary N) is 1. The fourth-order valence-electron chi connectivity index (χ4n) is 3.00. The van der Waals surface area contributed by atoms with Gasteiger partial charge in [-0.3, -0.25) is 18.7 Å². The molecule has 1 heterocycles. The average Bonchev–Trinajstić information content (AvgIpc) is 2.73. The van der Waals surface area contributed by atoms with Crippen LogP contribution in [0.2, 0.25) is 5.02 Å². The normalized spacial score (nSPS) is 10.7. The molecule has 1 amide bonds. The van der Waals surface area contributed by atoms with E-state index < -0.39 is 11.2 Å². The van der Waals surface area contributed by atoms with Gasteiger partial charge in [-0.15, -0.1) is 0 Å². The van der Waals surface area contributed by atoms with Crippen molar-refractivity contribution in [3.8, 4) is 0 Å². The van der Waals surface area contributed by atoms with Gasteiger partial charge in [-0.2, -0.15) is 0 Å².